The highest BCUT2D eigenvalue weighted by Crippen LogP contribution is 2.27. The maximum atomic E-state index is 12.6. The Morgan fingerprint density at radius 1 is 0.500 bits per heavy atom. The molecule has 3 fully saturated rings. The van der Waals surface area contributed by atoms with Gasteiger partial charge in [-0.1, -0.05) is 51.4 Å². The second kappa shape index (κ2) is 8.87. The van der Waals surface area contributed by atoms with E-state index in [4.69, 9.17) is 0 Å². The van der Waals surface area contributed by atoms with Crippen molar-refractivity contribution in [1.29, 1.82) is 0 Å². The summed E-state index contributed by atoms with van der Waals surface area (Å²) < 4.78 is 0. The minimum Gasteiger partial charge on any atom is -0.351 e. The van der Waals surface area contributed by atoms with Gasteiger partial charge in [-0.15, -0.1) is 0 Å². The first-order valence-electron chi connectivity index (χ1n) is 10.3. The fourth-order valence-corrected chi connectivity index (χ4v) is 4.81. The molecule has 0 heterocycles. The molecule has 2 N–H and O–H groups in total. The lowest BCUT2D eigenvalue weighted by Gasteiger charge is -2.35. The minimum absolute atomic E-state index is 0.140. The highest BCUT2D eigenvalue weighted by molar-refractivity contribution is 5.80. The van der Waals surface area contributed by atoms with E-state index in [0.29, 0.717) is 0 Å². The molecule has 0 spiro atoms. The molecule has 2 amide bonds. The van der Waals surface area contributed by atoms with E-state index in [1.54, 1.807) is 0 Å². The molecule has 4 nitrogen and oxygen atoms in total. The van der Waals surface area contributed by atoms with Crippen molar-refractivity contribution in [3.63, 3.8) is 0 Å². The minimum atomic E-state index is 0.140. The Morgan fingerprint density at radius 2 is 0.833 bits per heavy atom. The first-order valence-corrected chi connectivity index (χ1v) is 10.3. The molecule has 0 radical (unpaired) electrons. The predicted octanol–water partition coefficient (Wildman–Crippen LogP) is 3.69. The molecule has 0 aromatic heterocycles. The maximum absolute atomic E-state index is 12.6. The van der Waals surface area contributed by atoms with Gasteiger partial charge in [-0.3, -0.25) is 9.59 Å². The molecule has 3 aliphatic rings. The number of hydrogen-bond acceptors (Lipinski definition) is 2. The van der Waals surface area contributed by atoms with Gasteiger partial charge in [0.25, 0.3) is 0 Å². The molecule has 0 aromatic carbocycles. The highest BCUT2D eigenvalue weighted by Gasteiger charge is 2.32. The van der Waals surface area contributed by atoms with Gasteiger partial charge in [0.15, 0.2) is 0 Å². The van der Waals surface area contributed by atoms with Crippen LogP contribution in [0.1, 0.15) is 89.9 Å². The molecule has 136 valence electrons. The molecule has 3 rings (SSSR count). The monoisotopic (exact) mass is 334 g/mol. The van der Waals surface area contributed by atoms with Crippen molar-refractivity contribution in [2.24, 2.45) is 11.8 Å². The van der Waals surface area contributed by atoms with E-state index in [1.807, 2.05) is 0 Å². The van der Waals surface area contributed by atoms with Gasteiger partial charge in [-0.2, -0.15) is 0 Å². The Hall–Kier alpha value is -1.06. The van der Waals surface area contributed by atoms with Crippen LogP contribution in [-0.2, 0) is 9.59 Å². The first-order chi connectivity index (χ1) is 11.7. The summed E-state index contributed by atoms with van der Waals surface area (Å²) >= 11 is 0. The van der Waals surface area contributed by atoms with Crippen LogP contribution in [0.2, 0.25) is 0 Å². The summed E-state index contributed by atoms with van der Waals surface area (Å²) in [5.41, 5.74) is 0. The van der Waals surface area contributed by atoms with Gasteiger partial charge in [0.05, 0.1) is 0 Å². The number of hydrogen-bond donors (Lipinski definition) is 2. The normalized spacial score (nSPS) is 29.8. The fraction of sp³-hybridized carbons (Fsp3) is 0.900. The standard InChI is InChI=1S/C20H34N2O2/c23-19(15-9-3-1-4-10-15)21-17-13-7-8-14-18(17)22-20(24)16-11-5-2-6-12-16/h15-18H,1-14H2,(H,21,23)(H,22,24)/t17-,18+. The lowest BCUT2D eigenvalue weighted by Crippen LogP contribution is -2.55. The van der Waals surface area contributed by atoms with Crippen molar-refractivity contribution in [2.45, 2.75) is 102 Å². The summed E-state index contributed by atoms with van der Waals surface area (Å²) in [5, 5.41) is 6.59. The van der Waals surface area contributed by atoms with Gasteiger partial charge in [0, 0.05) is 23.9 Å². The molecule has 0 bridgehead atoms. The third-order valence-electron chi connectivity index (χ3n) is 6.37. The molecular formula is C20H34N2O2. The van der Waals surface area contributed by atoms with Gasteiger partial charge in [-0.05, 0) is 38.5 Å². The van der Waals surface area contributed by atoms with E-state index < -0.39 is 0 Å². The van der Waals surface area contributed by atoms with Crippen molar-refractivity contribution < 1.29 is 9.59 Å². The van der Waals surface area contributed by atoms with Gasteiger partial charge < -0.3 is 10.6 Å². The molecular weight excluding hydrogens is 300 g/mol. The molecule has 0 aliphatic heterocycles. The highest BCUT2D eigenvalue weighted by atomic mass is 16.2. The van der Waals surface area contributed by atoms with Crippen LogP contribution >= 0.6 is 0 Å². The van der Waals surface area contributed by atoms with Crippen molar-refractivity contribution >= 4 is 11.8 Å². The van der Waals surface area contributed by atoms with Crippen molar-refractivity contribution in [3.8, 4) is 0 Å². The van der Waals surface area contributed by atoms with E-state index in [-0.39, 0.29) is 35.7 Å². The zero-order chi connectivity index (χ0) is 16.8. The van der Waals surface area contributed by atoms with Crippen LogP contribution in [0.15, 0.2) is 0 Å². The van der Waals surface area contributed by atoms with Crippen LogP contribution in [0.5, 0.6) is 0 Å². The molecule has 0 unspecified atom stereocenters. The van der Waals surface area contributed by atoms with Gasteiger partial charge in [-0.25, -0.2) is 0 Å². The largest absolute Gasteiger partial charge is 0.351 e. The third-order valence-corrected chi connectivity index (χ3v) is 6.37. The first kappa shape index (κ1) is 17.8. The molecule has 0 aromatic rings. The van der Waals surface area contributed by atoms with Crippen LogP contribution in [0, 0.1) is 11.8 Å². The number of carbonyl (C=O) groups excluding carboxylic acids is 2. The third kappa shape index (κ3) is 4.73. The smallest absolute Gasteiger partial charge is 0.223 e. The zero-order valence-corrected chi connectivity index (χ0v) is 15.0. The Morgan fingerprint density at radius 3 is 1.21 bits per heavy atom. The zero-order valence-electron chi connectivity index (χ0n) is 15.0. The van der Waals surface area contributed by atoms with Crippen LogP contribution in [0.25, 0.3) is 0 Å². The number of rotatable bonds is 4. The van der Waals surface area contributed by atoms with E-state index in [0.717, 1.165) is 51.4 Å². The summed E-state index contributed by atoms with van der Waals surface area (Å²) in [7, 11) is 0. The fourth-order valence-electron chi connectivity index (χ4n) is 4.81. The van der Waals surface area contributed by atoms with Gasteiger partial charge in [0.2, 0.25) is 11.8 Å². The number of carbonyl (C=O) groups is 2. The summed E-state index contributed by atoms with van der Waals surface area (Å²) in [6, 6.07) is 0.279. The second-order valence-electron chi connectivity index (χ2n) is 8.18. The lowest BCUT2D eigenvalue weighted by molar-refractivity contribution is -0.129. The van der Waals surface area contributed by atoms with Gasteiger partial charge >= 0.3 is 0 Å². The second-order valence-corrected chi connectivity index (χ2v) is 8.18. The van der Waals surface area contributed by atoms with Crippen LogP contribution < -0.4 is 10.6 Å². The molecule has 2 atom stereocenters. The van der Waals surface area contributed by atoms with Crippen molar-refractivity contribution in [3.05, 3.63) is 0 Å². The van der Waals surface area contributed by atoms with E-state index in [2.05, 4.69) is 10.6 Å². The molecule has 3 aliphatic carbocycles. The number of nitrogens with one attached hydrogen (secondary N) is 2. The topological polar surface area (TPSA) is 58.2 Å². The molecule has 4 heteroatoms. The SMILES string of the molecule is O=C(N[C@H]1CCCC[C@H]1NC(=O)C1CCCCC1)C1CCCCC1. The van der Waals surface area contributed by atoms with E-state index in [9.17, 15) is 9.59 Å². The summed E-state index contributed by atoms with van der Waals surface area (Å²) in [5.74, 6) is 0.878. The van der Waals surface area contributed by atoms with Crippen LogP contribution in [0.4, 0.5) is 0 Å². The van der Waals surface area contributed by atoms with E-state index >= 15 is 0 Å². The lowest BCUT2D eigenvalue weighted by atomic mass is 9.85. The van der Waals surface area contributed by atoms with Crippen molar-refractivity contribution in [1.82, 2.24) is 10.6 Å². The van der Waals surface area contributed by atoms with Crippen LogP contribution in [-0.4, -0.2) is 23.9 Å². The predicted molar refractivity (Wildman–Crippen MR) is 95.5 cm³/mol. The molecule has 3 saturated carbocycles. The Labute approximate surface area is 146 Å². The maximum Gasteiger partial charge on any atom is 0.223 e. The average molecular weight is 335 g/mol. The number of amides is 2. The molecule has 24 heavy (non-hydrogen) atoms. The quantitative estimate of drug-likeness (QED) is 0.824. The molecule has 0 saturated heterocycles. The Balaban J connectivity index is 1.52. The average Bonchev–Trinajstić information content (AvgIpc) is 2.64. The van der Waals surface area contributed by atoms with Crippen molar-refractivity contribution in [2.75, 3.05) is 0 Å². The van der Waals surface area contributed by atoms with E-state index in [1.165, 1.54) is 38.5 Å². The van der Waals surface area contributed by atoms with Crippen LogP contribution in [0.3, 0.4) is 0 Å². The summed E-state index contributed by atoms with van der Waals surface area (Å²) in [6.45, 7) is 0. The Kier molecular flexibility index (Phi) is 6.56. The Bertz CT molecular complexity index is 385. The van der Waals surface area contributed by atoms with Gasteiger partial charge in [0.1, 0.15) is 0 Å². The summed E-state index contributed by atoms with van der Waals surface area (Å²) in [6.07, 6.45) is 15.8. The summed E-state index contributed by atoms with van der Waals surface area (Å²) in [4.78, 5) is 25.2.